The van der Waals surface area contributed by atoms with Crippen LogP contribution >= 0.6 is 0 Å². The maximum Gasteiger partial charge on any atom is 0.160 e. The van der Waals surface area contributed by atoms with Gasteiger partial charge in [-0.05, 0) is 12.1 Å². The minimum absolute atomic E-state index is 0.0692. The Bertz CT molecular complexity index is 548. The highest BCUT2D eigenvalue weighted by molar-refractivity contribution is 5.51. The standard InChI is InChI=1S/C13H17N5O2/c1-18-5-4-14-13(18)11-2-3-12(17-16-11)15-8-10-9-19-6-7-20-10/h2-5,10H,6-9H2,1H3,(H,15,17)/t10-/m0/s1. The molecule has 7 heteroatoms. The molecular formula is C13H17N5O2. The third kappa shape index (κ3) is 2.94. The molecule has 0 unspecified atom stereocenters. The lowest BCUT2D eigenvalue weighted by Gasteiger charge is -2.23. The second kappa shape index (κ2) is 5.98. The van der Waals surface area contributed by atoms with Gasteiger partial charge < -0.3 is 19.4 Å². The number of hydrogen-bond donors (Lipinski definition) is 1. The summed E-state index contributed by atoms with van der Waals surface area (Å²) in [5.74, 6) is 1.52. The van der Waals surface area contributed by atoms with Crippen molar-refractivity contribution in [3.8, 4) is 11.5 Å². The van der Waals surface area contributed by atoms with Crippen molar-refractivity contribution in [3.05, 3.63) is 24.5 Å². The van der Waals surface area contributed by atoms with Gasteiger partial charge in [0.2, 0.25) is 0 Å². The molecule has 1 aliphatic rings. The average molecular weight is 275 g/mol. The van der Waals surface area contributed by atoms with Crippen LogP contribution < -0.4 is 5.32 Å². The predicted molar refractivity (Wildman–Crippen MR) is 73.3 cm³/mol. The van der Waals surface area contributed by atoms with Crippen LogP contribution in [0.4, 0.5) is 5.82 Å². The minimum Gasteiger partial charge on any atom is -0.376 e. The normalized spacial score (nSPS) is 18.9. The fourth-order valence-electron chi connectivity index (χ4n) is 2.03. The Morgan fingerprint density at radius 3 is 2.95 bits per heavy atom. The van der Waals surface area contributed by atoms with Gasteiger partial charge in [-0.3, -0.25) is 0 Å². The molecule has 2 aromatic rings. The van der Waals surface area contributed by atoms with Crippen LogP contribution in [0.2, 0.25) is 0 Å². The number of aryl methyl sites for hydroxylation is 1. The molecule has 0 bridgehead atoms. The smallest absolute Gasteiger partial charge is 0.160 e. The summed E-state index contributed by atoms with van der Waals surface area (Å²) in [6, 6.07) is 3.79. The Morgan fingerprint density at radius 2 is 2.30 bits per heavy atom. The predicted octanol–water partition coefficient (Wildman–Crippen LogP) is 0.704. The summed E-state index contributed by atoms with van der Waals surface area (Å²) in [5.41, 5.74) is 0.750. The second-order valence-electron chi connectivity index (χ2n) is 4.61. The monoisotopic (exact) mass is 275 g/mol. The van der Waals surface area contributed by atoms with E-state index in [9.17, 15) is 0 Å². The van der Waals surface area contributed by atoms with Crippen LogP contribution in [0.15, 0.2) is 24.5 Å². The third-order valence-electron chi connectivity index (χ3n) is 3.11. The summed E-state index contributed by atoms with van der Waals surface area (Å²) in [6.07, 6.45) is 3.69. The number of nitrogens with zero attached hydrogens (tertiary/aromatic N) is 4. The molecule has 3 rings (SSSR count). The van der Waals surface area contributed by atoms with Gasteiger partial charge in [0, 0.05) is 26.0 Å². The zero-order valence-corrected chi connectivity index (χ0v) is 11.3. The van der Waals surface area contributed by atoms with Crippen molar-refractivity contribution >= 4 is 5.82 Å². The van der Waals surface area contributed by atoms with Gasteiger partial charge in [0.15, 0.2) is 5.82 Å². The summed E-state index contributed by atoms with van der Waals surface area (Å²) in [6.45, 7) is 2.60. The fraction of sp³-hybridized carbons (Fsp3) is 0.462. The highest BCUT2D eigenvalue weighted by Gasteiger charge is 2.14. The third-order valence-corrected chi connectivity index (χ3v) is 3.11. The molecule has 3 heterocycles. The van der Waals surface area contributed by atoms with Gasteiger partial charge in [0.1, 0.15) is 11.5 Å². The van der Waals surface area contributed by atoms with E-state index in [-0.39, 0.29) is 6.10 Å². The van der Waals surface area contributed by atoms with Crippen molar-refractivity contribution in [2.24, 2.45) is 7.05 Å². The molecule has 20 heavy (non-hydrogen) atoms. The van der Waals surface area contributed by atoms with E-state index >= 15 is 0 Å². The lowest BCUT2D eigenvalue weighted by atomic mass is 10.3. The lowest BCUT2D eigenvalue weighted by Crippen LogP contribution is -2.34. The summed E-state index contributed by atoms with van der Waals surface area (Å²) in [4.78, 5) is 4.24. The summed E-state index contributed by atoms with van der Waals surface area (Å²) >= 11 is 0. The number of nitrogens with one attached hydrogen (secondary N) is 1. The molecule has 1 aliphatic heterocycles. The molecule has 0 aromatic carbocycles. The highest BCUT2D eigenvalue weighted by atomic mass is 16.6. The van der Waals surface area contributed by atoms with Crippen LogP contribution in [0.25, 0.3) is 11.5 Å². The highest BCUT2D eigenvalue weighted by Crippen LogP contribution is 2.14. The summed E-state index contributed by atoms with van der Waals surface area (Å²) in [5, 5.41) is 11.5. The fourth-order valence-corrected chi connectivity index (χ4v) is 2.03. The Morgan fingerprint density at radius 1 is 1.35 bits per heavy atom. The first-order valence-electron chi connectivity index (χ1n) is 6.57. The van der Waals surface area contributed by atoms with Gasteiger partial charge in [-0.2, -0.15) is 0 Å². The van der Waals surface area contributed by atoms with E-state index in [1.807, 2.05) is 29.9 Å². The molecule has 1 fully saturated rings. The topological polar surface area (TPSA) is 74.1 Å². The molecule has 0 amide bonds. The molecule has 1 saturated heterocycles. The Kier molecular flexibility index (Phi) is 3.89. The molecule has 0 saturated carbocycles. The van der Waals surface area contributed by atoms with Gasteiger partial charge in [-0.1, -0.05) is 0 Å². The van der Waals surface area contributed by atoms with Crippen LogP contribution in [0, 0.1) is 0 Å². The number of hydrogen-bond acceptors (Lipinski definition) is 6. The quantitative estimate of drug-likeness (QED) is 0.885. The van der Waals surface area contributed by atoms with Gasteiger partial charge in [0.05, 0.1) is 25.9 Å². The minimum atomic E-state index is 0.0692. The van der Waals surface area contributed by atoms with Gasteiger partial charge in [0.25, 0.3) is 0 Å². The van der Waals surface area contributed by atoms with E-state index < -0.39 is 0 Å². The first-order chi connectivity index (χ1) is 9.83. The summed E-state index contributed by atoms with van der Waals surface area (Å²) < 4.78 is 12.8. The van der Waals surface area contributed by atoms with Crippen LogP contribution in [-0.4, -0.2) is 52.2 Å². The molecule has 7 nitrogen and oxygen atoms in total. The molecule has 0 spiro atoms. The Balaban J connectivity index is 1.60. The van der Waals surface area contributed by atoms with Gasteiger partial charge in [-0.25, -0.2) is 4.98 Å². The van der Waals surface area contributed by atoms with Gasteiger partial charge in [-0.15, -0.1) is 10.2 Å². The van der Waals surface area contributed by atoms with Crippen molar-refractivity contribution in [2.45, 2.75) is 6.10 Å². The molecule has 2 aromatic heterocycles. The van der Waals surface area contributed by atoms with Crippen molar-refractivity contribution in [3.63, 3.8) is 0 Å². The lowest BCUT2D eigenvalue weighted by molar-refractivity contribution is -0.0819. The van der Waals surface area contributed by atoms with E-state index in [4.69, 9.17) is 9.47 Å². The maximum absolute atomic E-state index is 5.55. The zero-order chi connectivity index (χ0) is 13.8. The first-order valence-corrected chi connectivity index (χ1v) is 6.57. The molecule has 1 atom stereocenters. The van der Waals surface area contributed by atoms with Crippen molar-refractivity contribution < 1.29 is 9.47 Å². The van der Waals surface area contributed by atoms with E-state index in [0.29, 0.717) is 26.4 Å². The number of imidazole rings is 1. The largest absolute Gasteiger partial charge is 0.376 e. The molecule has 1 N–H and O–H groups in total. The van der Waals surface area contributed by atoms with Crippen molar-refractivity contribution in [1.82, 2.24) is 19.7 Å². The van der Waals surface area contributed by atoms with E-state index in [2.05, 4.69) is 20.5 Å². The summed E-state index contributed by atoms with van der Waals surface area (Å²) in [7, 11) is 1.93. The molecule has 0 aliphatic carbocycles. The Labute approximate surface area is 116 Å². The molecule has 0 radical (unpaired) electrons. The van der Waals surface area contributed by atoms with E-state index in [1.54, 1.807) is 6.20 Å². The van der Waals surface area contributed by atoms with Crippen molar-refractivity contribution in [2.75, 3.05) is 31.7 Å². The first kappa shape index (κ1) is 13.0. The van der Waals surface area contributed by atoms with Crippen LogP contribution in [-0.2, 0) is 16.5 Å². The van der Waals surface area contributed by atoms with Gasteiger partial charge >= 0.3 is 0 Å². The zero-order valence-electron chi connectivity index (χ0n) is 11.3. The number of ether oxygens (including phenoxy) is 2. The average Bonchev–Trinajstić information content (AvgIpc) is 2.93. The number of anilines is 1. The molecular weight excluding hydrogens is 258 g/mol. The van der Waals surface area contributed by atoms with Crippen LogP contribution in [0.3, 0.4) is 0 Å². The second-order valence-corrected chi connectivity index (χ2v) is 4.61. The number of rotatable bonds is 4. The number of aromatic nitrogens is 4. The maximum atomic E-state index is 5.55. The molecule has 106 valence electrons. The van der Waals surface area contributed by atoms with Crippen molar-refractivity contribution in [1.29, 1.82) is 0 Å². The SMILES string of the molecule is Cn1ccnc1-c1ccc(NC[C@H]2COCCO2)nn1. The van der Waals surface area contributed by atoms with E-state index in [0.717, 1.165) is 17.3 Å². The van der Waals surface area contributed by atoms with E-state index in [1.165, 1.54) is 0 Å². The van der Waals surface area contributed by atoms with Crippen LogP contribution in [0.5, 0.6) is 0 Å². The van der Waals surface area contributed by atoms with Crippen LogP contribution in [0.1, 0.15) is 0 Å². The Hall–Kier alpha value is -1.99.